The molecule has 0 spiro atoms. The minimum absolute atomic E-state index is 0.115. The van der Waals surface area contributed by atoms with Crippen LogP contribution in [0.15, 0.2) is 47.5 Å². The number of anilines is 1. The molecule has 0 aromatic heterocycles. The van der Waals surface area contributed by atoms with Crippen LogP contribution in [0, 0.1) is 5.41 Å². The third-order valence-electron chi connectivity index (χ3n) is 4.09. The van der Waals surface area contributed by atoms with E-state index in [1.807, 2.05) is 37.3 Å². The van der Waals surface area contributed by atoms with Crippen LogP contribution in [0.5, 0.6) is 0 Å². The maximum atomic E-state index is 8.67. The Morgan fingerprint density at radius 2 is 2.17 bits per heavy atom. The van der Waals surface area contributed by atoms with Crippen LogP contribution in [-0.2, 0) is 0 Å². The van der Waals surface area contributed by atoms with Crippen LogP contribution >= 0.6 is 11.6 Å². The van der Waals surface area contributed by atoms with Gasteiger partial charge < -0.3 is 10.6 Å². The van der Waals surface area contributed by atoms with E-state index in [9.17, 15) is 0 Å². The van der Waals surface area contributed by atoms with Crippen molar-refractivity contribution < 1.29 is 0 Å². The van der Waals surface area contributed by atoms with Crippen molar-refractivity contribution in [1.29, 1.82) is 5.41 Å². The van der Waals surface area contributed by atoms with Gasteiger partial charge in [0.05, 0.1) is 11.9 Å². The monoisotopic (exact) mass is 329 g/mol. The van der Waals surface area contributed by atoms with Gasteiger partial charge in [-0.15, -0.1) is 0 Å². The lowest BCUT2D eigenvalue weighted by Crippen LogP contribution is -2.40. The maximum absolute atomic E-state index is 8.67. The van der Waals surface area contributed by atoms with Gasteiger partial charge in [-0.1, -0.05) is 36.4 Å². The molecule has 0 amide bonds. The molecular formula is C19H24ClN3. The van der Waals surface area contributed by atoms with Gasteiger partial charge >= 0.3 is 0 Å². The Morgan fingerprint density at radius 1 is 1.43 bits per heavy atom. The third kappa shape index (κ3) is 3.92. The molecule has 1 aromatic carbocycles. The molecule has 0 fully saturated rings. The van der Waals surface area contributed by atoms with E-state index in [0.717, 1.165) is 46.8 Å². The molecule has 1 unspecified atom stereocenters. The quantitative estimate of drug-likeness (QED) is 0.588. The van der Waals surface area contributed by atoms with Crippen LogP contribution in [0.25, 0.3) is 6.08 Å². The van der Waals surface area contributed by atoms with E-state index < -0.39 is 0 Å². The van der Waals surface area contributed by atoms with Crippen LogP contribution in [0.3, 0.4) is 0 Å². The van der Waals surface area contributed by atoms with Crippen molar-refractivity contribution in [3.05, 3.63) is 58.7 Å². The molecule has 1 atom stereocenters. The zero-order valence-electron chi connectivity index (χ0n) is 13.8. The van der Waals surface area contributed by atoms with E-state index in [2.05, 4.69) is 18.4 Å². The molecule has 0 bridgehead atoms. The summed E-state index contributed by atoms with van der Waals surface area (Å²) in [4.78, 5) is 2.10. The summed E-state index contributed by atoms with van der Waals surface area (Å²) in [7, 11) is 0. The highest BCUT2D eigenvalue weighted by Crippen LogP contribution is 2.29. The molecule has 0 radical (unpaired) electrons. The number of nitrogens with zero attached hydrogens (tertiary/aromatic N) is 1. The molecule has 0 saturated carbocycles. The number of hydrogen-bond acceptors (Lipinski definition) is 3. The highest BCUT2D eigenvalue weighted by Gasteiger charge is 2.19. The van der Waals surface area contributed by atoms with Crippen molar-refractivity contribution in [3.8, 4) is 0 Å². The number of hydrogen-bond donors (Lipinski definition) is 2. The molecule has 2 rings (SSSR count). The summed E-state index contributed by atoms with van der Waals surface area (Å²) in [6.45, 7) is 8.65. The average Bonchev–Trinajstić information content (AvgIpc) is 2.55. The van der Waals surface area contributed by atoms with Crippen LogP contribution in [0.4, 0.5) is 5.69 Å². The Hall–Kier alpha value is -1.84. The topological polar surface area (TPSA) is 53.1 Å². The normalized spacial score (nSPS) is 15.5. The second-order valence-corrected chi connectivity index (χ2v) is 6.17. The lowest BCUT2D eigenvalue weighted by atomic mass is 9.93. The van der Waals surface area contributed by atoms with E-state index in [4.69, 9.17) is 22.7 Å². The van der Waals surface area contributed by atoms with Crippen molar-refractivity contribution in [2.45, 2.75) is 32.9 Å². The lowest BCUT2D eigenvalue weighted by Gasteiger charge is -2.30. The molecule has 1 aromatic rings. The first-order valence-corrected chi connectivity index (χ1v) is 8.29. The van der Waals surface area contributed by atoms with Crippen LogP contribution < -0.4 is 10.6 Å². The van der Waals surface area contributed by atoms with Crippen molar-refractivity contribution in [1.82, 2.24) is 0 Å². The summed E-state index contributed by atoms with van der Waals surface area (Å²) in [5.74, 6) is 0. The first kappa shape index (κ1) is 17.5. The van der Waals surface area contributed by atoms with Gasteiger partial charge in [0.25, 0.3) is 0 Å². The number of benzene rings is 1. The lowest BCUT2D eigenvalue weighted by molar-refractivity contribution is 0.675. The molecular weight excluding hydrogens is 306 g/mol. The van der Waals surface area contributed by atoms with Crippen LogP contribution in [0.2, 0.25) is 0 Å². The molecule has 1 aliphatic rings. The van der Waals surface area contributed by atoms with Crippen molar-refractivity contribution in [3.63, 3.8) is 0 Å². The van der Waals surface area contributed by atoms with E-state index in [-0.39, 0.29) is 6.17 Å². The van der Waals surface area contributed by atoms with Crippen LogP contribution in [-0.4, -0.2) is 18.4 Å². The number of allylic oxidation sites excluding steroid dienone is 4. The Kier molecular flexibility index (Phi) is 5.80. The van der Waals surface area contributed by atoms with E-state index in [1.54, 1.807) is 6.08 Å². The summed E-state index contributed by atoms with van der Waals surface area (Å²) in [5.41, 5.74) is 10.5. The van der Waals surface area contributed by atoms with Crippen molar-refractivity contribution >= 4 is 29.1 Å². The zero-order valence-corrected chi connectivity index (χ0v) is 14.5. The van der Waals surface area contributed by atoms with E-state index >= 15 is 0 Å². The standard InChI is InChI=1S/C19H24ClN3/c1-4-14-6-11-18(23(5-2)13(3)21)17(12-14)19(22)15-7-9-16(20)10-8-15/h4,6-7,9,11-13,22H,1,5,8,10,21H2,2-3H3. The van der Waals surface area contributed by atoms with Gasteiger partial charge in [-0.05, 0) is 56.0 Å². The summed E-state index contributed by atoms with van der Waals surface area (Å²) in [5, 5.41) is 9.51. The number of rotatable bonds is 6. The second kappa shape index (κ2) is 7.62. The summed E-state index contributed by atoms with van der Waals surface area (Å²) in [6, 6.07) is 6.05. The van der Waals surface area contributed by atoms with Gasteiger partial charge in [0.1, 0.15) is 0 Å². The highest BCUT2D eigenvalue weighted by atomic mass is 35.5. The smallest absolute Gasteiger partial charge is 0.0742 e. The molecule has 23 heavy (non-hydrogen) atoms. The number of nitrogens with two attached hydrogens (primary N) is 1. The summed E-state index contributed by atoms with van der Waals surface area (Å²) in [6.07, 6.45) is 7.09. The van der Waals surface area contributed by atoms with E-state index in [0.29, 0.717) is 5.71 Å². The molecule has 1 aliphatic carbocycles. The van der Waals surface area contributed by atoms with E-state index in [1.165, 1.54) is 0 Å². The largest absolute Gasteiger partial charge is 0.356 e. The summed E-state index contributed by atoms with van der Waals surface area (Å²) < 4.78 is 0. The first-order valence-electron chi connectivity index (χ1n) is 7.91. The fraction of sp³-hybridized carbons (Fsp3) is 0.316. The fourth-order valence-electron chi connectivity index (χ4n) is 2.80. The van der Waals surface area contributed by atoms with Gasteiger partial charge in [0.2, 0.25) is 0 Å². The zero-order chi connectivity index (χ0) is 17.0. The predicted molar refractivity (Wildman–Crippen MR) is 101 cm³/mol. The highest BCUT2D eigenvalue weighted by molar-refractivity contribution is 6.30. The molecule has 0 aliphatic heterocycles. The molecule has 3 nitrogen and oxygen atoms in total. The third-order valence-corrected chi connectivity index (χ3v) is 4.40. The number of halogens is 1. The summed E-state index contributed by atoms with van der Waals surface area (Å²) >= 11 is 6.03. The predicted octanol–water partition coefficient (Wildman–Crippen LogP) is 4.67. The SMILES string of the molecule is C=Cc1ccc(N(CC)C(C)N)c(C(=N)C2=CC=C(Cl)CC2)c1. The minimum Gasteiger partial charge on any atom is -0.356 e. The fourth-order valence-corrected chi connectivity index (χ4v) is 2.96. The van der Waals surface area contributed by atoms with Crippen molar-refractivity contribution in [2.75, 3.05) is 11.4 Å². The van der Waals surface area contributed by atoms with Gasteiger partial charge in [-0.3, -0.25) is 5.41 Å². The molecule has 3 N–H and O–H groups in total. The average molecular weight is 330 g/mol. The molecule has 4 heteroatoms. The molecule has 0 heterocycles. The van der Waals surface area contributed by atoms with Gasteiger partial charge in [0, 0.05) is 22.8 Å². The van der Waals surface area contributed by atoms with Crippen LogP contribution in [0.1, 0.15) is 37.8 Å². The Morgan fingerprint density at radius 3 is 2.70 bits per heavy atom. The second-order valence-electron chi connectivity index (χ2n) is 5.69. The van der Waals surface area contributed by atoms with Crippen molar-refractivity contribution in [2.24, 2.45) is 5.73 Å². The van der Waals surface area contributed by atoms with Gasteiger partial charge in [-0.2, -0.15) is 0 Å². The Bertz CT molecular complexity index is 671. The Labute approximate surface area is 143 Å². The van der Waals surface area contributed by atoms with Gasteiger partial charge in [0.15, 0.2) is 0 Å². The molecule has 0 saturated heterocycles. The first-order chi connectivity index (χ1) is 11.0. The Balaban J connectivity index is 2.50. The number of nitrogens with one attached hydrogen (secondary N) is 1. The minimum atomic E-state index is -0.115. The maximum Gasteiger partial charge on any atom is 0.0742 e. The molecule has 122 valence electrons. The van der Waals surface area contributed by atoms with Gasteiger partial charge in [-0.25, -0.2) is 0 Å².